The monoisotopic (exact) mass is 464 g/mol. The highest BCUT2D eigenvalue weighted by Crippen LogP contribution is 2.30. The van der Waals surface area contributed by atoms with E-state index in [0.717, 1.165) is 37.0 Å². The summed E-state index contributed by atoms with van der Waals surface area (Å²) in [7, 11) is 0. The van der Waals surface area contributed by atoms with Gasteiger partial charge >= 0.3 is 0 Å². The van der Waals surface area contributed by atoms with Crippen LogP contribution < -0.4 is 0 Å². The Balaban J connectivity index is 1.51. The molecule has 0 aliphatic heterocycles. The zero-order valence-corrected chi connectivity index (χ0v) is 19.3. The molecule has 4 heteroatoms. The molecule has 4 aromatic rings. The summed E-state index contributed by atoms with van der Waals surface area (Å²) in [6.45, 7) is 2.17. The first-order valence-electron chi connectivity index (χ1n) is 11.9. The van der Waals surface area contributed by atoms with Gasteiger partial charge in [-0.1, -0.05) is 68.7 Å². The zero-order valence-electron chi connectivity index (χ0n) is 19.3. The average molecular weight is 465 g/mol. The van der Waals surface area contributed by atoms with Gasteiger partial charge in [0, 0.05) is 10.9 Å². The van der Waals surface area contributed by atoms with Gasteiger partial charge in [0.15, 0.2) is 11.6 Å². The van der Waals surface area contributed by atoms with E-state index in [2.05, 4.69) is 6.92 Å². The highest BCUT2D eigenvalue weighted by atomic mass is 19.2. The minimum atomic E-state index is -0.902. The lowest BCUT2D eigenvalue weighted by molar-refractivity contribution is 0.507. The zero-order chi connectivity index (χ0) is 24.1. The van der Waals surface area contributed by atoms with E-state index in [-0.39, 0.29) is 11.6 Å². The molecule has 0 atom stereocenters. The van der Waals surface area contributed by atoms with Crippen molar-refractivity contribution >= 4 is 10.8 Å². The van der Waals surface area contributed by atoms with Crippen molar-refractivity contribution in [1.29, 1.82) is 0 Å². The van der Waals surface area contributed by atoms with Gasteiger partial charge in [0.2, 0.25) is 0 Å². The topological polar surface area (TPSA) is 0 Å². The Bertz CT molecular complexity index is 1290. The fourth-order valence-corrected chi connectivity index (χ4v) is 4.38. The van der Waals surface area contributed by atoms with E-state index in [4.69, 9.17) is 0 Å². The molecule has 176 valence electrons. The molecule has 0 aliphatic carbocycles. The summed E-state index contributed by atoms with van der Waals surface area (Å²) in [4.78, 5) is 0. The summed E-state index contributed by atoms with van der Waals surface area (Å²) in [5.74, 6) is -2.40. The number of fused-ring (bicyclic) bond motifs is 1. The lowest BCUT2D eigenvalue weighted by Crippen LogP contribution is -1.97. The first kappa shape index (κ1) is 24.0. The fourth-order valence-electron chi connectivity index (χ4n) is 4.38. The van der Waals surface area contributed by atoms with E-state index in [1.807, 2.05) is 12.1 Å². The third kappa shape index (κ3) is 5.49. The normalized spacial score (nSPS) is 11.3. The molecule has 0 saturated carbocycles. The molecule has 0 aromatic heterocycles. The minimum Gasteiger partial charge on any atom is -0.206 e. The van der Waals surface area contributed by atoms with Gasteiger partial charge in [0.05, 0.1) is 0 Å². The van der Waals surface area contributed by atoms with E-state index in [9.17, 15) is 13.2 Å². The van der Waals surface area contributed by atoms with Gasteiger partial charge in [-0.3, -0.25) is 0 Å². The van der Waals surface area contributed by atoms with Crippen LogP contribution in [0.25, 0.3) is 21.9 Å². The van der Waals surface area contributed by atoms with E-state index < -0.39 is 11.6 Å². The van der Waals surface area contributed by atoms with Crippen LogP contribution in [0.4, 0.5) is 17.6 Å². The van der Waals surface area contributed by atoms with Crippen LogP contribution in [0.1, 0.15) is 49.3 Å². The summed E-state index contributed by atoms with van der Waals surface area (Å²) in [6.07, 6.45) is 6.20. The van der Waals surface area contributed by atoms with Crippen LogP contribution in [0.2, 0.25) is 0 Å². The Morgan fingerprint density at radius 3 is 2.12 bits per heavy atom. The summed E-state index contributed by atoms with van der Waals surface area (Å²) >= 11 is 0. The lowest BCUT2D eigenvalue weighted by atomic mass is 9.96. The molecule has 0 amide bonds. The van der Waals surface area contributed by atoms with Crippen LogP contribution in [-0.2, 0) is 19.3 Å². The number of halogens is 4. The highest BCUT2D eigenvalue weighted by molar-refractivity contribution is 5.88. The predicted molar refractivity (Wildman–Crippen MR) is 131 cm³/mol. The Morgan fingerprint density at radius 1 is 0.588 bits per heavy atom. The van der Waals surface area contributed by atoms with E-state index in [0.29, 0.717) is 45.9 Å². The molecule has 4 aromatic carbocycles. The summed E-state index contributed by atoms with van der Waals surface area (Å²) < 4.78 is 56.5. The Labute approximate surface area is 198 Å². The maximum Gasteiger partial charge on any atom is 0.159 e. The maximum atomic E-state index is 15.1. The number of benzene rings is 4. The van der Waals surface area contributed by atoms with Gasteiger partial charge in [-0.2, -0.15) is 0 Å². The van der Waals surface area contributed by atoms with E-state index in [1.165, 1.54) is 18.9 Å². The van der Waals surface area contributed by atoms with Gasteiger partial charge < -0.3 is 0 Å². The maximum absolute atomic E-state index is 15.1. The Hall–Kier alpha value is -3.14. The molecule has 0 heterocycles. The Morgan fingerprint density at radius 2 is 1.35 bits per heavy atom. The average Bonchev–Trinajstić information content (AvgIpc) is 2.83. The standard InChI is InChI=1S/C30H28F4/c1-2-3-4-5-6-20-8-14-25(28(32)17-20)23-13-15-26-24(19-23)12-11-22(30(26)34)10-7-21-9-16-27(31)29(33)18-21/h8-9,11-19H,2-7,10H2,1H3. The van der Waals surface area contributed by atoms with Crippen LogP contribution in [0, 0.1) is 23.3 Å². The molecule has 0 N–H and O–H groups in total. The molecule has 4 rings (SSSR count). The molecule has 0 bridgehead atoms. The number of hydrogen-bond donors (Lipinski definition) is 0. The molecule has 0 radical (unpaired) electrons. The van der Waals surface area contributed by atoms with Gasteiger partial charge in [0.1, 0.15) is 11.6 Å². The third-order valence-electron chi connectivity index (χ3n) is 6.36. The number of rotatable bonds is 9. The molecule has 0 saturated heterocycles. The van der Waals surface area contributed by atoms with Crippen molar-refractivity contribution in [3.05, 3.63) is 107 Å². The smallest absolute Gasteiger partial charge is 0.159 e. The van der Waals surface area contributed by atoms with Crippen molar-refractivity contribution in [3.8, 4) is 11.1 Å². The second-order valence-electron chi connectivity index (χ2n) is 8.85. The molecule has 0 aliphatic rings. The number of unbranched alkanes of at least 4 members (excludes halogenated alkanes) is 3. The third-order valence-corrected chi connectivity index (χ3v) is 6.36. The molecular formula is C30H28F4. The lowest BCUT2D eigenvalue weighted by Gasteiger charge is -2.11. The van der Waals surface area contributed by atoms with Crippen LogP contribution in [-0.4, -0.2) is 0 Å². The molecular weight excluding hydrogens is 436 g/mol. The largest absolute Gasteiger partial charge is 0.206 e. The highest BCUT2D eigenvalue weighted by Gasteiger charge is 2.12. The second-order valence-corrected chi connectivity index (χ2v) is 8.85. The second kappa shape index (κ2) is 10.9. The van der Waals surface area contributed by atoms with Crippen molar-refractivity contribution in [2.24, 2.45) is 0 Å². The van der Waals surface area contributed by atoms with Crippen LogP contribution in [0.5, 0.6) is 0 Å². The predicted octanol–water partition coefficient (Wildman–Crippen LogP) is 8.97. The molecule has 0 unspecified atom stereocenters. The SMILES string of the molecule is CCCCCCc1ccc(-c2ccc3c(F)c(CCc4ccc(F)c(F)c4)ccc3c2)c(F)c1. The summed E-state index contributed by atoms with van der Waals surface area (Å²) in [6, 6.07) is 17.9. The van der Waals surface area contributed by atoms with Crippen molar-refractivity contribution in [3.63, 3.8) is 0 Å². The minimum absolute atomic E-state index is 0.268. The van der Waals surface area contributed by atoms with Crippen molar-refractivity contribution in [2.75, 3.05) is 0 Å². The van der Waals surface area contributed by atoms with Crippen molar-refractivity contribution in [1.82, 2.24) is 0 Å². The van der Waals surface area contributed by atoms with Gasteiger partial charge in [0.25, 0.3) is 0 Å². The molecule has 0 spiro atoms. The van der Waals surface area contributed by atoms with Crippen molar-refractivity contribution < 1.29 is 17.6 Å². The first-order valence-corrected chi connectivity index (χ1v) is 11.9. The van der Waals surface area contributed by atoms with Gasteiger partial charge in [-0.25, -0.2) is 17.6 Å². The molecule has 0 nitrogen and oxygen atoms in total. The fraction of sp³-hybridized carbons (Fsp3) is 0.267. The summed E-state index contributed by atoms with van der Waals surface area (Å²) in [5.41, 5.74) is 3.31. The van der Waals surface area contributed by atoms with Crippen molar-refractivity contribution in [2.45, 2.75) is 51.9 Å². The Kier molecular flexibility index (Phi) is 7.66. The summed E-state index contributed by atoms with van der Waals surface area (Å²) in [5, 5.41) is 1.15. The first-order chi connectivity index (χ1) is 16.5. The number of aryl methyl sites for hydroxylation is 3. The quantitative estimate of drug-likeness (QED) is 0.171. The van der Waals surface area contributed by atoms with E-state index in [1.54, 1.807) is 36.4 Å². The number of hydrogen-bond acceptors (Lipinski definition) is 0. The van der Waals surface area contributed by atoms with Crippen LogP contribution >= 0.6 is 0 Å². The van der Waals surface area contributed by atoms with Crippen LogP contribution in [0.3, 0.4) is 0 Å². The van der Waals surface area contributed by atoms with Gasteiger partial charge in [-0.05, 0) is 77.6 Å². The van der Waals surface area contributed by atoms with Gasteiger partial charge in [-0.15, -0.1) is 0 Å². The van der Waals surface area contributed by atoms with E-state index >= 15 is 4.39 Å². The molecule has 34 heavy (non-hydrogen) atoms. The molecule has 0 fully saturated rings. The van der Waals surface area contributed by atoms with Crippen LogP contribution in [0.15, 0.2) is 66.7 Å².